The molecule has 0 radical (unpaired) electrons. The normalized spacial score (nSPS) is 12.3. The summed E-state index contributed by atoms with van der Waals surface area (Å²) in [5.74, 6) is 5.28. The Labute approximate surface area is 785 Å². The Morgan fingerprint density at radius 2 is 0.897 bits per heavy atom. The van der Waals surface area contributed by atoms with Crippen molar-refractivity contribution in [2.24, 2.45) is 17.3 Å². The summed E-state index contributed by atoms with van der Waals surface area (Å²) in [7, 11) is 3.19. The van der Waals surface area contributed by atoms with Crippen LogP contribution in [0.3, 0.4) is 0 Å². The monoisotopic (exact) mass is 1870 g/mol. The summed E-state index contributed by atoms with van der Waals surface area (Å²) in [6.45, 7) is 61.3. The molecule has 7 aromatic carbocycles. The molecule has 27 heteroatoms. The number of hydrogen-bond donors (Lipinski definition) is 0. The number of methoxy groups -OCH3 is 2. The van der Waals surface area contributed by atoms with Gasteiger partial charge >= 0.3 is 0 Å². The topological polar surface area (TPSA) is 277 Å². The van der Waals surface area contributed by atoms with Crippen LogP contribution in [0.5, 0.6) is 5.75 Å². The van der Waals surface area contributed by atoms with E-state index in [4.69, 9.17) is 21.1 Å². The molecule has 0 aliphatic heterocycles. The quantitative estimate of drug-likeness (QED) is 0.0154. The second-order valence-electron chi connectivity index (χ2n) is 38.7. The van der Waals surface area contributed by atoms with Gasteiger partial charge < -0.3 is 9.47 Å². The van der Waals surface area contributed by atoms with Gasteiger partial charge in [-0.15, -0.1) is 70.6 Å². The van der Waals surface area contributed by atoms with E-state index in [0.29, 0.717) is 44.8 Å². The molecule has 0 spiro atoms. The zero-order chi connectivity index (χ0) is 96.5. The van der Waals surface area contributed by atoms with Crippen molar-refractivity contribution in [1.29, 1.82) is 0 Å². The number of ether oxygens (including phenoxy) is 2. The van der Waals surface area contributed by atoms with Crippen LogP contribution in [0.25, 0.3) is 0 Å². The molecule has 0 aliphatic rings. The van der Waals surface area contributed by atoms with Crippen molar-refractivity contribution in [3.8, 4) is 5.75 Å². The standard InChI is InChI=1S/C22H37NO2S.C19H23NO2S.C19H31NO2S.C14H21NO4S.C13H18ClNO2S.C12H17NO2S/c1-8-10-11-17(9-2)15-26-20-13-12-18(14-19(20)23(24)25)22(6,7)16-21(3,4)5;1-13-11-16(23-12-15-9-7-6-8-10-15)18(20(21)22)14(2)17(13)19(3,4)5;1-6-9-10-15(7-2)14-23-18-12-11-16(19(4,5)8-3)13-17(18)20(21)22;1-14(2,3)10-8-11(15(16)17)13(9-12(10)19-5)20-7-6-18-4;1-8(2)18-12-10(14)6-9(13(3,4)5)7-11(12)15(16)17;1-8-6-11(16-5)10(13(14)15)7-9(8)12(2,3)4/h12-14,17H,8-11,15-16H2,1-7H3;6-11H,12H2,1-5H3;11-13,15H,6-10,14H2,1-5H3;8-9H,6-7H2,1-5H3;6-8H,1-5H3;6-7H,1-5H3. The van der Waals surface area contributed by atoms with Crippen molar-refractivity contribution in [3.63, 3.8) is 0 Å². The summed E-state index contributed by atoms with van der Waals surface area (Å²) in [5.41, 5.74) is 10.9. The van der Waals surface area contributed by atoms with E-state index in [-0.39, 0.29) is 107 Å². The molecule has 0 amide bonds. The van der Waals surface area contributed by atoms with E-state index < -0.39 is 0 Å². The van der Waals surface area contributed by atoms with Crippen molar-refractivity contribution < 1.29 is 39.0 Å². The lowest BCUT2D eigenvalue weighted by atomic mass is 9.72. The Hall–Kier alpha value is -6.91. The van der Waals surface area contributed by atoms with Crippen LogP contribution in [-0.4, -0.2) is 79.1 Å². The Kier molecular flexibility index (Phi) is 48.3. The molecule has 700 valence electrons. The number of unbranched alkanes of at least 4 members (excludes halogenated alkanes) is 2. The molecule has 2 unspecified atom stereocenters. The summed E-state index contributed by atoms with van der Waals surface area (Å²) in [5, 5.41) is 68.9. The van der Waals surface area contributed by atoms with Crippen LogP contribution >= 0.6 is 82.2 Å². The van der Waals surface area contributed by atoms with Crippen LogP contribution in [0, 0.1) is 98.7 Å². The molecule has 20 nitrogen and oxygen atoms in total. The number of nitrogens with zero attached hydrogens (tertiary/aromatic N) is 6. The molecular formula is C99H147ClN6O14S6. The maximum Gasteiger partial charge on any atom is 0.286 e. The molecule has 0 aliphatic carbocycles. The minimum absolute atomic E-state index is 0.0267. The third-order valence-corrected chi connectivity index (χ3v) is 28.5. The predicted octanol–water partition coefficient (Wildman–Crippen LogP) is 32.6. The van der Waals surface area contributed by atoms with E-state index >= 15 is 0 Å². The summed E-state index contributed by atoms with van der Waals surface area (Å²) in [6.07, 6.45) is 13.4. The maximum atomic E-state index is 11.7. The van der Waals surface area contributed by atoms with E-state index in [1.807, 2.05) is 143 Å². The highest BCUT2D eigenvalue weighted by Crippen LogP contribution is 2.47. The number of hydrogen-bond acceptors (Lipinski definition) is 20. The Balaban J connectivity index is 0.000000515. The highest BCUT2D eigenvalue weighted by atomic mass is 35.5. The van der Waals surface area contributed by atoms with Crippen LogP contribution in [0.2, 0.25) is 5.02 Å². The molecule has 7 rings (SSSR count). The Morgan fingerprint density at radius 1 is 0.452 bits per heavy atom. The van der Waals surface area contributed by atoms with Crippen molar-refractivity contribution in [1.82, 2.24) is 0 Å². The van der Waals surface area contributed by atoms with Crippen molar-refractivity contribution >= 4 is 116 Å². The van der Waals surface area contributed by atoms with E-state index in [1.54, 1.807) is 74.1 Å². The SMILES string of the molecule is CC(C)Sc1c(Cl)cc(C(C)(C)C)cc1[N+](=O)[O-].CCCCC(CC)CSc1ccc(C(C)(C)CC(C)(C)C)cc1[N+](=O)[O-].CCCCC(CC)CSc1ccc(C(C)(C)CC)cc1[N+](=O)[O-].COCCSc1cc(OC)c(C(C)(C)C)cc1[N+](=O)[O-].CSc1cc(C)c(C(C)(C)C)cc1[N+](=O)[O-].Cc1cc(SCc2ccccc2)c([N+](=O)[O-])c(C)c1C(C)(C)C. The predicted molar refractivity (Wildman–Crippen MR) is 539 cm³/mol. The largest absolute Gasteiger partial charge is 0.496 e. The van der Waals surface area contributed by atoms with E-state index in [9.17, 15) is 60.7 Å². The van der Waals surface area contributed by atoms with Gasteiger partial charge in [0.15, 0.2) is 0 Å². The molecule has 7 aromatic rings. The number of benzene rings is 7. The summed E-state index contributed by atoms with van der Waals surface area (Å²) in [4.78, 5) is 70.7. The first-order valence-electron chi connectivity index (χ1n) is 43.5. The molecular weight excluding hydrogens is 1720 g/mol. The fourth-order valence-electron chi connectivity index (χ4n) is 14.5. The van der Waals surface area contributed by atoms with Crippen molar-refractivity contribution in [2.75, 3.05) is 44.3 Å². The zero-order valence-electron chi connectivity index (χ0n) is 81.5. The number of nitro benzene ring substituents is 6. The fourth-order valence-corrected chi connectivity index (χ4v) is 21.0. The Bertz CT molecular complexity index is 4700. The Morgan fingerprint density at radius 3 is 1.29 bits per heavy atom. The second-order valence-corrected chi connectivity index (χ2v) is 45.8. The number of aryl methyl sites for hydroxylation is 2. The van der Waals surface area contributed by atoms with E-state index in [2.05, 4.69) is 137 Å². The first-order chi connectivity index (χ1) is 58.3. The smallest absolute Gasteiger partial charge is 0.286 e. The third-order valence-electron chi connectivity index (χ3n) is 21.4. The first-order valence-corrected chi connectivity index (χ1v) is 50.0. The van der Waals surface area contributed by atoms with Gasteiger partial charge in [-0.05, 0) is 177 Å². The zero-order valence-corrected chi connectivity index (χ0v) is 87.1. The highest BCUT2D eigenvalue weighted by molar-refractivity contribution is 8.00. The summed E-state index contributed by atoms with van der Waals surface area (Å²) in [6, 6.07) is 34.1. The van der Waals surface area contributed by atoms with Gasteiger partial charge in [0, 0.05) is 82.9 Å². The molecule has 0 bridgehead atoms. The average molecular weight is 1870 g/mol. The lowest BCUT2D eigenvalue weighted by molar-refractivity contribution is -0.388. The number of thioether (sulfide) groups is 6. The van der Waals surface area contributed by atoms with Gasteiger partial charge in [-0.1, -0.05) is 273 Å². The highest BCUT2D eigenvalue weighted by Gasteiger charge is 2.34. The van der Waals surface area contributed by atoms with Crippen LogP contribution in [0.4, 0.5) is 34.1 Å². The van der Waals surface area contributed by atoms with Crippen LogP contribution in [0.15, 0.2) is 139 Å². The van der Waals surface area contributed by atoms with Gasteiger partial charge in [0.25, 0.3) is 34.1 Å². The fraction of sp³-hybridized carbons (Fsp3) is 0.576. The number of halogens is 1. The number of nitro groups is 6. The molecule has 0 aromatic heterocycles. The van der Waals surface area contributed by atoms with Crippen LogP contribution in [-0.2, 0) is 43.0 Å². The second kappa shape index (κ2) is 52.8. The van der Waals surface area contributed by atoms with Gasteiger partial charge in [-0.25, -0.2) is 0 Å². The van der Waals surface area contributed by atoms with Gasteiger partial charge in [0.05, 0.1) is 72.8 Å². The van der Waals surface area contributed by atoms with E-state index in [0.717, 1.165) is 113 Å². The maximum absolute atomic E-state index is 11.7. The van der Waals surface area contributed by atoms with E-state index in [1.165, 1.54) is 91.1 Å². The van der Waals surface area contributed by atoms with Crippen molar-refractivity contribution in [2.45, 2.75) is 338 Å². The van der Waals surface area contributed by atoms with Crippen molar-refractivity contribution in [3.05, 3.63) is 231 Å². The molecule has 126 heavy (non-hydrogen) atoms. The molecule has 0 N–H and O–H groups in total. The summed E-state index contributed by atoms with van der Waals surface area (Å²) >= 11 is 15.3. The first kappa shape index (κ1) is 115. The van der Waals surface area contributed by atoms with Crippen LogP contribution < -0.4 is 4.74 Å². The van der Waals surface area contributed by atoms with Crippen LogP contribution in [0.1, 0.15) is 300 Å². The average Bonchev–Trinajstić information content (AvgIpc) is 0.774. The van der Waals surface area contributed by atoms with Gasteiger partial charge in [-0.2, -0.15) is 0 Å². The molecule has 0 heterocycles. The minimum Gasteiger partial charge on any atom is -0.496 e. The third kappa shape index (κ3) is 37.9. The molecule has 0 saturated heterocycles. The lowest BCUT2D eigenvalue weighted by Crippen LogP contribution is -2.24. The minimum atomic E-state index is -0.355. The molecule has 0 saturated carbocycles. The van der Waals surface area contributed by atoms with Gasteiger partial charge in [-0.3, -0.25) is 60.7 Å². The van der Waals surface area contributed by atoms with Gasteiger partial charge in [0.2, 0.25) is 0 Å². The van der Waals surface area contributed by atoms with Gasteiger partial charge in [0.1, 0.15) is 10.6 Å². The number of rotatable bonds is 35. The lowest BCUT2D eigenvalue weighted by Gasteiger charge is -2.33. The summed E-state index contributed by atoms with van der Waals surface area (Å²) < 4.78 is 10.4. The molecule has 2 atom stereocenters. The molecule has 0 fully saturated rings.